The summed E-state index contributed by atoms with van der Waals surface area (Å²) < 4.78 is 0. The first-order valence-corrected chi connectivity index (χ1v) is 3.58. The number of nitrogens with two attached hydrogens (primary N) is 2. The fourth-order valence-corrected chi connectivity index (χ4v) is 1.42. The number of nitrogen functional groups attached to an aromatic ring is 1. The highest BCUT2D eigenvalue weighted by atomic mass is 14.9. The van der Waals surface area contributed by atoms with Gasteiger partial charge in [-0.15, -0.1) is 0 Å². The van der Waals surface area contributed by atoms with Crippen LogP contribution in [-0.4, -0.2) is 6.54 Å². The van der Waals surface area contributed by atoms with Gasteiger partial charge in [0.05, 0.1) is 6.54 Å². The molecular weight excluding hydrogens is 124 g/mol. The number of rotatable bonds is 0. The maximum Gasteiger partial charge on any atom is 0.133 e. The molecule has 4 N–H and O–H groups in total. The molecule has 52 valence electrons. The Hall–Kier alpha value is -1.02. The molecule has 1 aromatic rings. The smallest absolute Gasteiger partial charge is 0.133 e. The van der Waals surface area contributed by atoms with Crippen molar-refractivity contribution in [3.05, 3.63) is 23.8 Å². The van der Waals surface area contributed by atoms with Crippen molar-refractivity contribution in [1.29, 1.82) is 0 Å². The second kappa shape index (κ2) is 1.99. The third-order valence-electron chi connectivity index (χ3n) is 1.94. The van der Waals surface area contributed by atoms with E-state index >= 15 is 0 Å². The van der Waals surface area contributed by atoms with Gasteiger partial charge in [-0.2, -0.15) is 0 Å². The lowest BCUT2D eigenvalue weighted by Gasteiger charge is -1.94. The molecule has 0 fully saturated rings. The highest BCUT2D eigenvalue weighted by molar-refractivity contribution is 5.51. The highest BCUT2D eigenvalue weighted by Crippen LogP contribution is 2.17. The van der Waals surface area contributed by atoms with Gasteiger partial charge in [0.2, 0.25) is 0 Å². The predicted octanol–water partition coefficient (Wildman–Crippen LogP) is 0.0198. The van der Waals surface area contributed by atoms with Crippen molar-refractivity contribution in [3.63, 3.8) is 0 Å². The molecule has 2 heteroatoms. The lowest BCUT2D eigenvalue weighted by atomic mass is 10.1. The number of anilines is 1. The second-order valence-electron chi connectivity index (χ2n) is 2.70. The van der Waals surface area contributed by atoms with Crippen LogP contribution in [0.1, 0.15) is 5.56 Å². The number of benzene rings is 1. The van der Waals surface area contributed by atoms with E-state index in [1.807, 2.05) is 6.07 Å². The van der Waals surface area contributed by atoms with E-state index in [9.17, 15) is 0 Å². The Bertz CT molecular complexity index is 255. The van der Waals surface area contributed by atoms with Gasteiger partial charge in [-0.3, -0.25) is 0 Å². The largest absolute Gasteiger partial charge is 0.399 e. The third kappa shape index (κ3) is 0.772. The third-order valence-corrected chi connectivity index (χ3v) is 1.94. The van der Waals surface area contributed by atoms with Gasteiger partial charge in [0.25, 0.3) is 0 Å². The Labute approximate surface area is 60.0 Å². The van der Waals surface area contributed by atoms with Gasteiger partial charge < -0.3 is 11.1 Å². The van der Waals surface area contributed by atoms with Crippen LogP contribution < -0.4 is 11.1 Å². The summed E-state index contributed by atoms with van der Waals surface area (Å²) in [5.74, 6) is 0. The molecule has 0 unspecified atom stereocenters. The number of hydrogen-bond acceptors (Lipinski definition) is 1. The fraction of sp³-hybridized carbons (Fsp3) is 0.250. The van der Waals surface area contributed by atoms with Crippen LogP contribution >= 0.6 is 0 Å². The van der Waals surface area contributed by atoms with E-state index in [4.69, 9.17) is 5.73 Å². The van der Waals surface area contributed by atoms with Crippen molar-refractivity contribution in [1.82, 2.24) is 0 Å². The number of fused-ring (bicyclic) bond motifs is 1. The normalized spacial score (nSPS) is 15.2. The first-order chi connectivity index (χ1) is 4.86. The van der Waals surface area contributed by atoms with Crippen LogP contribution in [0.2, 0.25) is 0 Å². The van der Waals surface area contributed by atoms with Crippen LogP contribution in [0.25, 0.3) is 0 Å². The van der Waals surface area contributed by atoms with Crippen molar-refractivity contribution in [2.24, 2.45) is 0 Å². The summed E-state index contributed by atoms with van der Waals surface area (Å²) in [6, 6.07) is 6.12. The van der Waals surface area contributed by atoms with Crippen molar-refractivity contribution in [2.45, 2.75) is 6.42 Å². The molecule has 0 saturated carbocycles. The Morgan fingerprint density at radius 1 is 1.40 bits per heavy atom. The van der Waals surface area contributed by atoms with Crippen LogP contribution in [0.5, 0.6) is 0 Å². The van der Waals surface area contributed by atoms with Gasteiger partial charge >= 0.3 is 0 Å². The van der Waals surface area contributed by atoms with E-state index in [1.165, 1.54) is 24.2 Å². The van der Waals surface area contributed by atoms with E-state index in [0.717, 1.165) is 5.69 Å². The summed E-state index contributed by atoms with van der Waals surface area (Å²) in [6.07, 6.45) is 1.17. The molecule has 2 rings (SSSR count). The number of hydrogen-bond donors (Lipinski definition) is 2. The zero-order valence-corrected chi connectivity index (χ0v) is 5.80. The lowest BCUT2D eigenvalue weighted by Crippen LogP contribution is -2.75. The Morgan fingerprint density at radius 2 is 2.30 bits per heavy atom. The van der Waals surface area contributed by atoms with Crippen molar-refractivity contribution >= 4 is 11.4 Å². The van der Waals surface area contributed by atoms with E-state index in [1.54, 1.807) is 0 Å². The van der Waals surface area contributed by atoms with Crippen LogP contribution in [-0.2, 0) is 6.42 Å². The SMILES string of the molecule is Nc1ccc2c(c1)CC[NH2+]2. The summed E-state index contributed by atoms with van der Waals surface area (Å²) in [5, 5.41) is 2.26. The summed E-state index contributed by atoms with van der Waals surface area (Å²) in [5.41, 5.74) is 9.27. The Kier molecular flexibility index (Phi) is 1.14. The first-order valence-electron chi connectivity index (χ1n) is 3.58. The van der Waals surface area contributed by atoms with Crippen LogP contribution in [0.15, 0.2) is 18.2 Å². The summed E-state index contributed by atoms with van der Waals surface area (Å²) >= 11 is 0. The maximum atomic E-state index is 5.62. The minimum atomic E-state index is 0.883. The maximum absolute atomic E-state index is 5.62. The fourth-order valence-electron chi connectivity index (χ4n) is 1.42. The van der Waals surface area contributed by atoms with Gasteiger partial charge in [0.1, 0.15) is 5.69 Å². The average Bonchev–Trinajstić information content (AvgIpc) is 2.33. The highest BCUT2D eigenvalue weighted by Gasteiger charge is 2.13. The molecule has 0 saturated heterocycles. The van der Waals surface area contributed by atoms with E-state index in [0.29, 0.717) is 0 Å². The Morgan fingerprint density at radius 3 is 3.20 bits per heavy atom. The molecule has 0 amide bonds. The van der Waals surface area contributed by atoms with Crippen molar-refractivity contribution in [2.75, 3.05) is 12.3 Å². The van der Waals surface area contributed by atoms with Gasteiger partial charge in [-0.1, -0.05) is 0 Å². The molecule has 2 nitrogen and oxygen atoms in total. The number of quaternary nitrogens is 1. The van der Waals surface area contributed by atoms with Gasteiger partial charge in [-0.05, 0) is 12.1 Å². The van der Waals surface area contributed by atoms with Crippen molar-refractivity contribution in [3.8, 4) is 0 Å². The first kappa shape index (κ1) is 5.74. The quantitative estimate of drug-likeness (QED) is 0.484. The van der Waals surface area contributed by atoms with Crippen LogP contribution in [0, 0.1) is 0 Å². The Balaban J connectivity index is 2.52. The molecule has 0 spiro atoms. The lowest BCUT2D eigenvalue weighted by molar-refractivity contribution is -0.561. The molecular formula is C8H11N2+. The zero-order valence-electron chi connectivity index (χ0n) is 5.80. The molecule has 0 aliphatic carbocycles. The van der Waals surface area contributed by atoms with E-state index in [-0.39, 0.29) is 0 Å². The summed E-state index contributed by atoms with van der Waals surface area (Å²) in [7, 11) is 0. The predicted molar refractivity (Wildman–Crippen MR) is 41.0 cm³/mol. The summed E-state index contributed by atoms with van der Waals surface area (Å²) in [6.45, 7) is 1.18. The topological polar surface area (TPSA) is 42.6 Å². The summed E-state index contributed by atoms with van der Waals surface area (Å²) in [4.78, 5) is 0. The van der Waals surface area contributed by atoms with Gasteiger partial charge in [0.15, 0.2) is 0 Å². The molecule has 1 aliphatic rings. The minimum absolute atomic E-state index is 0.883. The molecule has 10 heavy (non-hydrogen) atoms. The average molecular weight is 135 g/mol. The monoisotopic (exact) mass is 135 g/mol. The van der Waals surface area contributed by atoms with Crippen LogP contribution in [0.4, 0.5) is 11.4 Å². The van der Waals surface area contributed by atoms with Gasteiger partial charge in [-0.25, -0.2) is 0 Å². The molecule has 1 aromatic carbocycles. The van der Waals surface area contributed by atoms with E-state index in [2.05, 4.69) is 17.4 Å². The van der Waals surface area contributed by atoms with Crippen molar-refractivity contribution < 1.29 is 5.32 Å². The molecule has 0 atom stereocenters. The minimum Gasteiger partial charge on any atom is -0.399 e. The zero-order chi connectivity index (χ0) is 6.97. The van der Waals surface area contributed by atoms with Gasteiger partial charge in [0, 0.05) is 23.7 Å². The second-order valence-corrected chi connectivity index (χ2v) is 2.70. The van der Waals surface area contributed by atoms with E-state index < -0.39 is 0 Å². The standard InChI is InChI=1S/C8H10N2/c9-7-1-2-8-6(5-7)3-4-10-8/h1-2,5,10H,3-4,9H2/p+1. The van der Waals surface area contributed by atoms with Crippen LogP contribution in [0.3, 0.4) is 0 Å². The molecule has 0 radical (unpaired) electrons. The molecule has 1 heterocycles. The molecule has 0 bridgehead atoms. The molecule has 0 aromatic heterocycles. The molecule has 1 aliphatic heterocycles.